The molecule has 7 nitrogen and oxygen atoms in total. The summed E-state index contributed by atoms with van der Waals surface area (Å²) in [5.41, 5.74) is 3.87. The van der Waals surface area contributed by atoms with Gasteiger partial charge in [-0.15, -0.1) is 0 Å². The van der Waals surface area contributed by atoms with E-state index in [1.165, 1.54) is 18.2 Å². The standard InChI is InChI=1S/C24H23FN4O3/c1-6-32-24(31)21-13(2)22(27-15(21)4)23(30)17(12-26)11-20-14(3)28-29(16(20)5)19-9-7-18(25)8-10-19/h7-11,27H,6H2,1-5H3/b17-11+. The predicted molar refractivity (Wildman–Crippen MR) is 117 cm³/mol. The number of Topliss-reactive ketones (excluding diaryl/α,β-unsaturated/α-hetero) is 1. The number of aryl methyl sites for hydroxylation is 2. The van der Waals surface area contributed by atoms with Crippen LogP contribution in [0.3, 0.4) is 0 Å². The first-order valence-corrected chi connectivity index (χ1v) is 10.0. The molecule has 0 aliphatic rings. The zero-order chi connectivity index (χ0) is 23.6. The molecule has 2 aromatic heterocycles. The molecule has 0 amide bonds. The van der Waals surface area contributed by atoms with Crippen LogP contribution in [0.2, 0.25) is 0 Å². The van der Waals surface area contributed by atoms with Gasteiger partial charge in [0.05, 0.1) is 29.2 Å². The van der Waals surface area contributed by atoms with E-state index in [0.717, 1.165) is 0 Å². The van der Waals surface area contributed by atoms with Gasteiger partial charge in [0.25, 0.3) is 0 Å². The van der Waals surface area contributed by atoms with E-state index in [4.69, 9.17) is 4.74 Å². The summed E-state index contributed by atoms with van der Waals surface area (Å²) in [6, 6.07) is 7.83. The van der Waals surface area contributed by atoms with Crippen molar-refractivity contribution in [1.82, 2.24) is 14.8 Å². The third-order valence-corrected chi connectivity index (χ3v) is 5.22. The maximum absolute atomic E-state index is 13.3. The van der Waals surface area contributed by atoms with Crippen LogP contribution in [0.1, 0.15) is 56.0 Å². The Hall–Kier alpha value is -3.99. The van der Waals surface area contributed by atoms with E-state index in [1.54, 1.807) is 51.4 Å². The van der Waals surface area contributed by atoms with Gasteiger partial charge >= 0.3 is 5.97 Å². The van der Waals surface area contributed by atoms with Crippen LogP contribution in [-0.4, -0.2) is 33.1 Å². The Kier molecular flexibility index (Phi) is 6.40. The minimum absolute atomic E-state index is 0.102. The van der Waals surface area contributed by atoms with Crippen molar-refractivity contribution in [1.29, 1.82) is 5.26 Å². The lowest BCUT2D eigenvalue weighted by Gasteiger charge is -2.05. The molecule has 1 aromatic carbocycles. The molecule has 164 valence electrons. The van der Waals surface area contributed by atoms with Crippen LogP contribution in [0.25, 0.3) is 11.8 Å². The number of nitrogens with one attached hydrogen (secondary N) is 1. The fourth-order valence-corrected chi connectivity index (χ4v) is 3.61. The number of ether oxygens (including phenoxy) is 1. The Morgan fingerprint density at radius 2 is 1.88 bits per heavy atom. The zero-order valence-electron chi connectivity index (χ0n) is 18.5. The normalized spacial score (nSPS) is 11.3. The second-order valence-corrected chi connectivity index (χ2v) is 7.32. The number of rotatable bonds is 6. The highest BCUT2D eigenvalue weighted by Crippen LogP contribution is 2.25. The van der Waals surface area contributed by atoms with Crippen LogP contribution < -0.4 is 0 Å². The summed E-state index contributed by atoms with van der Waals surface area (Å²) >= 11 is 0. The maximum atomic E-state index is 13.3. The van der Waals surface area contributed by atoms with E-state index >= 15 is 0 Å². The van der Waals surface area contributed by atoms with E-state index in [2.05, 4.69) is 10.1 Å². The third kappa shape index (κ3) is 4.10. The summed E-state index contributed by atoms with van der Waals surface area (Å²) < 4.78 is 20.0. The molecule has 0 spiro atoms. The molecule has 1 N–H and O–H groups in total. The molecule has 0 radical (unpaired) electrons. The number of esters is 1. The van der Waals surface area contributed by atoms with Gasteiger partial charge in [-0.3, -0.25) is 4.79 Å². The molecular weight excluding hydrogens is 411 g/mol. The van der Waals surface area contributed by atoms with Crippen LogP contribution in [-0.2, 0) is 4.74 Å². The van der Waals surface area contributed by atoms with Gasteiger partial charge in [-0.1, -0.05) is 0 Å². The van der Waals surface area contributed by atoms with Gasteiger partial charge in [0.1, 0.15) is 17.5 Å². The molecule has 2 heterocycles. The molecule has 0 aliphatic carbocycles. The van der Waals surface area contributed by atoms with Gasteiger partial charge < -0.3 is 9.72 Å². The van der Waals surface area contributed by atoms with Gasteiger partial charge in [-0.25, -0.2) is 13.9 Å². The highest BCUT2D eigenvalue weighted by Gasteiger charge is 2.25. The summed E-state index contributed by atoms with van der Waals surface area (Å²) in [6.45, 7) is 8.80. The van der Waals surface area contributed by atoms with Crippen molar-refractivity contribution in [3.63, 3.8) is 0 Å². The number of aromatic amines is 1. The van der Waals surface area contributed by atoms with Crippen molar-refractivity contribution in [2.24, 2.45) is 0 Å². The lowest BCUT2D eigenvalue weighted by molar-refractivity contribution is 0.0525. The number of halogens is 1. The number of carbonyl (C=O) groups excluding carboxylic acids is 2. The van der Waals surface area contributed by atoms with E-state index in [9.17, 15) is 19.2 Å². The van der Waals surface area contributed by atoms with Crippen LogP contribution in [0.15, 0.2) is 29.8 Å². The Bertz CT molecular complexity index is 1270. The van der Waals surface area contributed by atoms with Crippen molar-refractivity contribution >= 4 is 17.8 Å². The molecule has 3 rings (SSSR count). The summed E-state index contributed by atoms with van der Waals surface area (Å²) in [6.07, 6.45) is 1.49. The number of hydrogen-bond acceptors (Lipinski definition) is 5. The Morgan fingerprint density at radius 1 is 1.22 bits per heavy atom. The quantitative estimate of drug-likeness (QED) is 0.266. The van der Waals surface area contributed by atoms with E-state index in [1.807, 2.05) is 6.07 Å². The van der Waals surface area contributed by atoms with Gasteiger partial charge in [-0.05, 0) is 70.5 Å². The fraction of sp³-hybridized carbons (Fsp3) is 0.250. The Labute approximate surface area is 185 Å². The smallest absolute Gasteiger partial charge is 0.340 e. The van der Waals surface area contributed by atoms with Gasteiger partial charge in [0.2, 0.25) is 5.78 Å². The monoisotopic (exact) mass is 434 g/mol. The predicted octanol–water partition coefficient (Wildman–Crippen LogP) is 4.54. The molecule has 0 unspecified atom stereocenters. The second kappa shape index (κ2) is 9.02. The third-order valence-electron chi connectivity index (χ3n) is 5.22. The number of benzene rings is 1. The topological polar surface area (TPSA) is 101 Å². The Balaban J connectivity index is 2.03. The molecule has 32 heavy (non-hydrogen) atoms. The number of ketones is 1. The molecule has 0 atom stereocenters. The summed E-state index contributed by atoms with van der Waals surface area (Å²) in [5, 5.41) is 14.2. The van der Waals surface area contributed by atoms with Gasteiger partial charge in [0, 0.05) is 17.0 Å². The second-order valence-electron chi connectivity index (χ2n) is 7.32. The first-order valence-electron chi connectivity index (χ1n) is 10.0. The van der Waals surface area contributed by atoms with Gasteiger partial charge in [-0.2, -0.15) is 10.4 Å². The van der Waals surface area contributed by atoms with Gasteiger partial charge in [0.15, 0.2) is 0 Å². The molecule has 0 saturated carbocycles. The lowest BCUT2D eigenvalue weighted by atomic mass is 10.0. The largest absolute Gasteiger partial charge is 0.462 e. The van der Waals surface area contributed by atoms with Crippen LogP contribution in [0, 0.1) is 44.8 Å². The minimum atomic E-state index is -0.531. The first kappa shape index (κ1) is 22.7. The number of hydrogen-bond donors (Lipinski definition) is 1. The highest BCUT2D eigenvalue weighted by molar-refractivity contribution is 6.15. The van der Waals surface area contributed by atoms with Crippen molar-refractivity contribution < 1.29 is 18.7 Å². The van der Waals surface area contributed by atoms with E-state index < -0.39 is 11.8 Å². The molecule has 0 aliphatic heterocycles. The summed E-state index contributed by atoms with van der Waals surface area (Å²) in [7, 11) is 0. The number of allylic oxidation sites excluding steroid dienone is 1. The number of H-pyrrole nitrogens is 1. The van der Waals surface area contributed by atoms with Crippen LogP contribution in [0.5, 0.6) is 0 Å². The van der Waals surface area contributed by atoms with Crippen LogP contribution in [0.4, 0.5) is 4.39 Å². The van der Waals surface area contributed by atoms with Crippen molar-refractivity contribution in [2.45, 2.75) is 34.6 Å². The van der Waals surface area contributed by atoms with Crippen molar-refractivity contribution in [3.8, 4) is 11.8 Å². The fourth-order valence-electron chi connectivity index (χ4n) is 3.61. The van der Waals surface area contributed by atoms with E-state index in [0.29, 0.717) is 39.5 Å². The molecule has 0 saturated heterocycles. The maximum Gasteiger partial charge on any atom is 0.340 e. The molecular formula is C24H23FN4O3. The van der Waals surface area contributed by atoms with E-state index in [-0.39, 0.29) is 23.7 Å². The summed E-state index contributed by atoms with van der Waals surface area (Å²) in [4.78, 5) is 28.3. The lowest BCUT2D eigenvalue weighted by Crippen LogP contribution is -2.08. The number of nitrogens with zero attached hydrogens (tertiary/aromatic N) is 3. The van der Waals surface area contributed by atoms with Crippen molar-refractivity contribution in [3.05, 3.63) is 75.1 Å². The first-order chi connectivity index (χ1) is 15.2. The zero-order valence-corrected chi connectivity index (χ0v) is 18.5. The Morgan fingerprint density at radius 3 is 2.47 bits per heavy atom. The van der Waals surface area contributed by atoms with Crippen molar-refractivity contribution in [2.75, 3.05) is 6.61 Å². The molecule has 0 fully saturated rings. The number of carbonyl (C=O) groups is 2. The average Bonchev–Trinajstić information content (AvgIpc) is 3.21. The minimum Gasteiger partial charge on any atom is -0.462 e. The SMILES string of the molecule is CCOC(=O)c1c(C)[nH]c(C(=O)/C(C#N)=C/c2c(C)nn(-c3ccc(F)cc3)c2C)c1C. The summed E-state index contributed by atoms with van der Waals surface area (Å²) in [5.74, 6) is -1.41. The molecule has 3 aromatic rings. The van der Waals surface area contributed by atoms with Crippen LogP contribution >= 0.6 is 0 Å². The number of aromatic nitrogens is 3. The average molecular weight is 434 g/mol. The molecule has 0 bridgehead atoms. The highest BCUT2D eigenvalue weighted by atomic mass is 19.1. The molecule has 8 heteroatoms. The number of nitriles is 1.